The van der Waals surface area contributed by atoms with Gasteiger partial charge in [-0.3, -0.25) is 13.9 Å². The molecular formula is C19H21N3O5S. The van der Waals surface area contributed by atoms with Gasteiger partial charge >= 0.3 is 0 Å². The second kappa shape index (κ2) is 7.51. The molecule has 2 N–H and O–H groups in total. The van der Waals surface area contributed by atoms with Crippen LogP contribution in [-0.4, -0.2) is 39.1 Å². The number of amides is 2. The molecule has 28 heavy (non-hydrogen) atoms. The first-order chi connectivity index (χ1) is 13.1. The molecule has 1 aliphatic rings. The summed E-state index contributed by atoms with van der Waals surface area (Å²) in [5.74, 6) is -0.385. The van der Waals surface area contributed by atoms with Crippen molar-refractivity contribution in [2.75, 3.05) is 27.7 Å². The van der Waals surface area contributed by atoms with Crippen molar-refractivity contribution in [2.45, 2.75) is 20.0 Å². The van der Waals surface area contributed by atoms with Crippen LogP contribution in [0.5, 0.6) is 5.75 Å². The number of nitrogens with zero attached hydrogens (tertiary/aromatic N) is 1. The third-order valence-corrected chi connectivity index (χ3v) is 5.27. The second-order valence-corrected chi connectivity index (χ2v) is 8.53. The third kappa shape index (κ3) is 4.42. The summed E-state index contributed by atoms with van der Waals surface area (Å²) in [4.78, 5) is 23.9. The molecule has 0 fully saturated rings. The van der Waals surface area contributed by atoms with Crippen LogP contribution in [0.1, 0.15) is 12.5 Å². The Kier molecular flexibility index (Phi) is 5.28. The molecule has 1 aliphatic heterocycles. The number of rotatable bonds is 4. The molecule has 0 radical (unpaired) electrons. The fourth-order valence-corrected chi connectivity index (χ4v) is 3.82. The molecule has 3 rings (SSSR count). The van der Waals surface area contributed by atoms with E-state index in [2.05, 4.69) is 10.6 Å². The zero-order valence-corrected chi connectivity index (χ0v) is 16.5. The van der Waals surface area contributed by atoms with Crippen LogP contribution in [0, 0.1) is 6.92 Å². The molecule has 2 aromatic carbocycles. The van der Waals surface area contributed by atoms with Gasteiger partial charge in [-0.15, -0.1) is 0 Å². The maximum Gasteiger partial charge on any atom is 0.267 e. The maximum atomic E-state index is 12.7. The molecule has 148 valence electrons. The number of nitrogens with one attached hydrogen (secondary N) is 2. The highest BCUT2D eigenvalue weighted by Gasteiger charge is 2.35. The number of benzene rings is 2. The molecular weight excluding hydrogens is 382 g/mol. The first kappa shape index (κ1) is 19.7. The summed E-state index contributed by atoms with van der Waals surface area (Å²) < 4.78 is 31.4. The van der Waals surface area contributed by atoms with Crippen LogP contribution in [-0.2, 0) is 19.6 Å². The van der Waals surface area contributed by atoms with E-state index < -0.39 is 22.0 Å². The van der Waals surface area contributed by atoms with E-state index in [1.165, 1.54) is 11.2 Å². The van der Waals surface area contributed by atoms with E-state index in [1.54, 1.807) is 42.5 Å². The first-order valence-corrected chi connectivity index (χ1v) is 10.4. The lowest BCUT2D eigenvalue weighted by molar-refractivity contribution is -0.122. The average Bonchev–Trinajstić information content (AvgIpc) is 2.59. The van der Waals surface area contributed by atoms with Crippen LogP contribution in [0.2, 0.25) is 0 Å². The monoisotopic (exact) mass is 403 g/mol. The zero-order chi connectivity index (χ0) is 20.5. The number of fused-ring (bicyclic) bond motifs is 1. The molecule has 1 unspecified atom stereocenters. The van der Waals surface area contributed by atoms with Crippen molar-refractivity contribution in [3.8, 4) is 5.75 Å². The summed E-state index contributed by atoms with van der Waals surface area (Å²) in [6.45, 7) is 3.11. The Hall–Kier alpha value is -3.07. The number of aryl methyl sites for hydroxylation is 1. The third-order valence-electron chi connectivity index (χ3n) is 4.13. The quantitative estimate of drug-likeness (QED) is 0.814. The van der Waals surface area contributed by atoms with E-state index in [-0.39, 0.29) is 12.5 Å². The van der Waals surface area contributed by atoms with E-state index in [4.69, 9.17) is 4.74 Å². The minimum atomic E-state index is -3.59. The Morgan fingerprint density at radius 3 is 2.43 bits per heavy atom. The first-order valence-electron chi connectivity index (χ1n) is 8.57. The van der Waals surface area contributed by atoms with Crippen LogP contribution in [0.15, 0.2) is 42.5 Å². The van der Waals surface area contributed by atoms with Crippen LogP contribution in [0.4, 0.5) is 17.1 Å². The van der Waals surface area contributed by atoms with E-state index in [9.17, 15) is 18.0 Å². The molecule has 2 aromatic rings. The SMILES string of the molecule is CC(=O)Nc1cccc(NC(=O)C2CN(S(C)(=O)=O)c3cc(C)ccc3O2)c1. The van der Waals surface area contributed by atoms with Crippen molar-refractivity contribution in [3.63, 3.8) is 0 Å². The van der Waals surface area contributed by atoms with Crippen LogP contribution < -0.4 is 19.7 Å². The Morgan fingerprint density at radius 1 is 1.11 bits per heavy atom. The summed E-state index contributed by atoms with van der Waals surface area (Å²) in [6.07, 6.45) is 0.0744. The van der Waals surface area contributed by atoms with Crippen molar-refractivity contribution < 1.29 is 22.7 Å². The molecule has 2 amide bonds. The standard InChI is InChI=1S/C19H21N3O5S/c1-12-7-8-17-16(9-12)22(28(3,25)26)11-18(27-17)19(24)21-15-6-4-5-14(10-15)20-13(2)23/h4-10,18H,11H2,1-3H3,(H,20,23)(H,21,24). The topological polar surface area (TPSA) is 105 Å². The van der Waals surface area contributed by atoms with Crippen LogP contribution in [0.25, 0.3) is 0 Å². The largest absolute Gasteiger partial charge is 0.476 e. The lowest BCUT2D eigenvalue weighted by atomic mass is 10.1. The molecule has 0 aliphatic carbocycles. The lowest BCUT2D eigenvalue weighted by Gasteiger charge is -2.34. The highest BCUT2D eigenvalue weighted by Crippen LogP contribution is 2.36. The fraction of sp³-hybridized carbons (Fsp3) is 0.263. The highest BCUT2D eigenvalue weighted by atomic mass is 32.2. The smallest absolute Gasteiger partial charge is 0.267 e. The van der Waals surface area contributed by atoms with Gasteiger partial charge in [-0.1, -0.05) is 12.1 Å². The highest BCUT2D eigenvalue weighted by molar-refractivity contribution is 7.92. The molecule has 1 heterocycles. The number of hydrogen-bond acceptors (Lipinski definition) is 5. The van der Waals surface area contributed by atoms with E-state index in [0.29, 0.717) is 22.8 Å². The number of carbonyl (C=O) groups is 2. The molecule has 0 spiro atoms. The second-order valence-electron chi connectivity index (χ2n) is 6.62. The summed E-state index contributed by atoms with van der Waals surface area (Å²) in [6, 6.07) is 11.8. The van der Waals surface area contributed by atoms with Gasteiger partial charge in [-0.25, -0.2) is 8.42 Å². The van der Waals surface area contributed by atoms with Gasteiger partial charge in [0.25, 0.3) is 5.91 Å². The molecule has 0 bridgehead atoms. The Bertz CT molecular complexity index is 1040. The van der Waals surface area contributed by atoms with E-state index in [0.717, 1.165) is 11.8 Å². The molecule has 8 nitrogen and oxygen atoms in total. The van der Waals surface area contributed by atoms with Gasteiger partial charge in [0.2, 0.25) is 15.9 Å². The number of carbonyl (C=O) groups excluding carboxylic acids is 2. The minimum absolute atomic E-state index is 0.132. The maximum absolute atomic E-state index is 12.7. The number of hydrogen-bond donors (Lipinski definition) is 2. The predicted molar refractivity (Wildman–Crippen MR) is 107 cm³/mol. The van der Waals surface area contributed by atoms with Crippen molar-refractivity contribution >= 4 is 38.9 Å². The summed E-state index contributed by atoms with van der Waals surface area (Å²) >= 11 is 0. The molecule has 9 heteroatoms. The van der Waals surface area contributed by atoms with Crippen molar-refractivity contribution in [2.24, 2.45) is 0 Å². The van der Waals surface area contributed by atoms with Gasteiger partial charge < -0.3 is 15.4 Å². The summed E-state index contributed by atoms with van der Waals surface area (Å²) in [5.41, 5.74) is 2.29. The van der Waals surface area contributed by atoms with Crippen LogP contribution >= 0.6 is 0 Å². The fourth-order valence-electron chi connectivity index (χ4n) is 2.91. The van der Waals surface area contributed by atoms with Gasteiger partial charge in [-0.2, -0.15) is 0 Å². The van der Waals surface area contributed by atoms with Crippen molar-refractivity contribution in [1.82, 2.24) is 0 Å². The van der Waals surface area contributed by atoms with Gasteiger partial charge in [0, 0.05) is 18.3 Å². The Morgan fingerprint density at radius 2 is 1.79 bits per heavy atom. The van der Waals surface area contributed by atoms with Gasteiger partial charge in [0.1, 0.15) is 5.75 Å². The predicted octanol–water partition coefficient (Wildman–Crippen LogP) is 2.12. The molecule has 0 saturated carbocycles. The molecule has 0 saturated heterocycles. The van der Waals surface area contributed by atoms with E-state index >= 15 is 0 Å². The van der Waals surface area contributed by atoms with Gasteiger partial charge in [0.15, 0.2) is 6.10 Å². The van der Waals surface area contributed by atoms with E-state index in [1.807, 2.05) is 6.92 Å². The van der Waals surface area contributed by atoms with Crippen molar-refractivity contribution in [3.05, 3.63) is 48.0 Å². The van der Waals surface area contributed by atoms with Gasteiger partial charge in [-0.05, 0) is 42.8 Å². The summed E-state index contributed by atoms with van der Waals surface area (Å²) in [5, 5.41) is 5.34. The molecule has 1 atom stereocenters. The zero-order valence-electron chi connectivity index (χ0n) is 15.7. The lowest BCUT2D eigenvalue weighted by Crippen LogP contribution is -2.48. The Balaban J connectivity index is 1.83. The number of anilines is 3. The normalized spacial score (nSPS) is 16.0. The Labute approximate surface area is 163 Å². The minimum Gasteiger partial charge on any atom is -0.476 e. The van der Waals surface area contributed by atoms with Crippen LogP contribution in [0.3, 0.4) is 0 Å². The summed E-state index contributed by atoms with van der Waals surface area (Å²) in [7, 11) is -3.59. The number of ether oxygens (including phenoxy) is 1. The van der Waals surface area contributed by atoms with Crippen molar-refractivity contribution in [1.29, 1.82) is 0 Å². The number of sulfonamides is 1. The average molecular weight is 403 g/mol. The van der Waals surface area contributed by atoms with Gasteiger partial charge in [0.05, 0.1) is 18.5 Å². The molecule has 0 aromatic heterocycles.